The van der Waals surface area contributed by atoms with Crippen LogP contribution in [0.4, 0.5) is 0 Å². The number of unbranched alkanes of at least 4 members (excludes halogenated alkanes) is 3. The van der Waals surface area contributed by atoms with Crippen LogP contribution in [0, 0.1) is 0 Å². The fraction of sp³-hybridized carbons (Fsp3) is 1.00. The van der Waals surface area contributed by atoms with Gasteiger partial charge in [-0.15, -0.1) is 0 Å². The zero-order valence-corrected chi connectivity index (χ0v) is 19.4. The number of rotatable bonds is 12. The molecule has 0 aliphatic carbocycles. The van der Waals surface area contributed by atoms with E-state index < -0.39 is 3.79 Å². The zero-order valence-electron chi connectivity index (χ0n) is 14.2. The van der Waals surface area contributed by atoms with Crippen molar-refractivity contribution in [2.75, 3.05) is 19.6 Å². The molecule has 0 aliphatic heterocycles. The maximum Gasteiger partial charge on any atom is 0.190 e. The van der Waals surface area contributed by atoms with Crippen LogP contribution in [-0.4, -0.2) is 33.4 Å². The Kier molecular flexibility index (Phi) is 16.7. The number of quaternary nitrogens is 1. The second-order valence-corrected chi connectivity index (χ2v) is 9.06. The SMILES string of the molecule is CCCC[N+](CCCC)(CCCC)C(Cl)CCC(Cl)(Cl)Cl.[I-]. The molecular formula is C16H32Cl4IN. The van der Waals surface area contributed by atoms with Crippen LogP contribution in [0.15, 0.2) is 0 Å². The Morgan fingerprint density at radius 1 is 0.818 bits per heavy atom. The topological polar surface area (TPSA) is 0 Å². The Labute approximate surface area is 175 Å². The molecule has 0 aromatic heterocycles. The molecule has 1 unspecified atom stereocenters. The van der Waals surface area contributed by atoms with Gasteiger partial charge in [0, 0.05) is 12.8 Å². The van der Waals surface area contributed by atoms with Gasteiger partial charge in [-0.1, -0.05) is 86.4 Å². The first-order chi connectivity index (χ1) is 9.81. The van der Waals surface area contributed by atoms with Gasteiger partial charge in [-0.25, -0.2) is 0 Å². The van der Waals surface area contributed by atoms with E-state index in [4.69, 9.17) is 46.4 Å². The number of nitrogens with zero attached hydrogens (tertiary/aromatic N) is 1. The van der Waals surface area contributed by atoms with Gasteiger partial charge in [0.2, 0.25) is 0 Å². The van der Waals surface area contributed by atoms with E-state index >= 15 is 0 Å². The van der Waals surface area contributed by atoms with E-state index in [-0.39, 0.29) is 29.5 Å². The minimum absolute atomic E-state index is 0. The van der Waals surface area contributed by atoms with Crippen LogP contribution in [-0.2, 0) is 0 Å². The predicted octanol–water partition coefficient (Wildman–Crippen LogP) is 3.92. The van der Waals surface area contributed by atoms with Gasteiger partial charge in [-0.2, -0.15) is 0 Å². The second kappa shape index (κ2) is 14.1. The van der Waals surface area contributed by atoms with E-state index in [0.29, 0.717) is 6.42 Å². The fourth-order valence-electron chi connectivity index (χ4n) is 2.73. The van der Waals surface area contributed by atoms with Crippen LogP contribution in [0.25, 0.3) is 0 Å². The maximum atomic E-state index is 6.81. The van der Waals surface area contributed by atoms with Gasteiger partial charge in [-0.3, -0.25) is 0 Å². The first-order valence-electron chi connectivity index (χ1n) is 8.38. The highest BCUT2D eigenvalue weighted by Gasteiger charge is 2.35. The Morgan fingerprint density at radius 2 is 1.18 bits per heavy atom. The molecule has 0 radical (unpaired) electrons. The normalized spacial score (nSPS) is 13.8. The van der Waals surface area contributed by atoms with E-state index in [9.17, 15) is 0 Å². The monoisotopic (exact) mass is 505 g/mol. The smallest absolute Gasteiger partial charge is 0.190 e. The molecule has 0 aromatic rings. The quantitative estimate of drug-likeness (QED) is 0.163. The Balaban J connectivity index is 0. The van der Waals surface area contributed by atoms with Gasteiger partial charge in [0.25, 0.3) is 0 Å². The summed E-state index contributed by atoms with van der Waals surface area (Å²) in [4.78, 5) is 0. The van der Waals surface area contributed by atoms with Gasteiger partial charge < -0.3 is 28.5 Å². The summed E-state index contributed by atoms with van der Waals surface area (Å²) >= 11 is 24.5. The fourth-order valence-corrected chi connectivity index (χ4v) is 3.46. The zero-order chi connectivity index (χ0) is 16.4. The molecule has 136 valence electrons. The van der Waals surface area contributed by atoms with E-state index in [2.05, 4.69) is 20.8 Å². The number of alkyl halides is 4. The van der Waals surface area contributed by atoms with Crippen LogP contribution < -0.4 is 24.0 Å². The number of halogens is 5. The molecule has 0 N–H and O–H groups in total. The standard InChI is InChI=1S/C16H32Cl4N.HI/c1-4-7-12-21(13-8-5-2,14-9-6-3)15(17)10-11-16(18,19)20;/h15H,4-14H2,1-3H3;1H/q+1;/p-1. The molecule has 0 fully saturated rings. The van der Waals surface area contributed by atoms with Gasteiger partial charge in [0.15, 0.2) is 9.29 Å². The molecule has 0 amide bonds. The molecule has 0 rings (SSSR count). The molecule has 0 bridgehead atoms. The van der Waals surface area contributed by atoms with Gasteiger partial charge in [0.1, 0.15) is 0 Å². The molecule has 22 heavy (non-hydrogen) atoms. The minimum Gasteiger partial charge on any atom is -1.00 e. The van der Waals surface area contributed by atoms with Crippen LogP contribution in [0.1, 0.15) is 72.1 Å². The summed E-state index contributed by atoms with van der Waals surface area (Å²) in [6.45, 7) is 10.1. The number of hydrogen-bond acceptors (Lipinski definition) is 0. The first-order valence-corrected chi connectivity index (χ1v) is 9.95. The van der Waals surface area contributed by atoms with Crippen LogP contribution >= 0.6 is 46.4 Å². The van der Waals surface area contributed by atoms with Crippen LogP contribution in [0.2, 0.25) is 0 Å². The molecule has 0 aliphatic rings. The second-order valence-electron chi connectivity index (χ2n) is 6.04. The minimum atomic E-state index is -1.19. The van der Waals surface area contributed by atoms with E-state index in [1.165, 1.54) is 38.5 Å². The lowest BCUT2D eigenvalue weighted by molar-refractivity contribution is -0.940. The lowest BCUT2D eigenvalue weighted by Gasteiger charge is -2.43. The third-order valence-electron chi connectivity index (χ3n) is 4.13. The summed E-state index contributed by atoms with van der Waals surface area (Å²) in [6, 6.07) is 0. The molecule has 0 saturated heterocycles. The predicted molar refractivity (Wildman–Crippen MR) is 98.8 cm³/mol. The summed E-state index contributed by atoms with van der Waals surface area (Å²) < 4.78 is -0.207. The summed E-state index contributed by atoms with van der Waals surface area (Å²) in [5, 5.41) is 0. The van der Waals surface area contributed by atoms with Crippen molar-refractivity contribution in [2.45, 2.75) is 81.4 Å². The Hall–Kier alpha value is 1.85. The average Bonchev–Trinajstić information content (AvgIpc) is 2.43. The van der Waals surface area contributed by atoms with Crippen molar-refractivity contribution in [2.24, 2.45) is 0 Å². The molecule has 6 heteroatoms. The van der Waals surface area contributed by atoms with Crippen molar-refractivity contribution >= 4 is 46.4 Å². The summed E-state index contributed by atoms with van der Waals surface area (Å²) in [7, 11) is 0. The maximum absolute atomic E-state index is 6.81. The number of hydrogen-bond donors (Lipinski definition) is 0. The molecule has 0 heterocycles. The highest BCUT2D eigenvalue weighted by Crippen LogP contribution is 2.35. The van der Waals surface area contributed by atoms with Gasteiger partial charge >= 0.3 is 0 Å². The highest BCUT2D eigenvalue weighted by atomic mass is 127. The average molecular weight is 507 g/mol. The summed E-state index contributed by atoms with van der Waals surface area (Å²) in [5.41, 5.74) is 0.0466. The summed E-state index contributed by atoms with van der Waals surface area (Å²) in [6.07, 6.45) is 8.52. The van der Waals surface area contributed by atoms with Gasteiger partial charge in [-0.05, 0) is 19.3 Å². The van der Waals surface area contributed by atoms with Crippen molar-refractivity contribution < 1.29 is 28.5 Å². The van der Waals surface area contributed by atoms with E-state index in [0.717, 1.165) is 30.5 Å². The molecule has 1 nitrogen and oxygen atoms in total. The lowest BCUT2D eigenvalue weighted by Crippen LogP contribution is -3.00. The Bertz CT molecular complexity index is 237. The molecule has 0 aromatic carbocycles. The van der Waals surface area contributed by atoms with Crippen LogP contribution in [0.5, 0.6) is 0 Å². The van der Waals surface area contributed by atoms with Crippen molar-refractivity contribution in [3.05, 3.63) is 0 Å². The highest BCUT2D eigenvalue weighted by molar-refractivity contribution is 6.67. The van der Waals surface area contributed by atoms with E-state index in [1.807, 2.05) is 0 Å². The largest absolute Gasteiger partial charge is 1.00 e. The first kappa shape index (κ1) is 26.1. The molecular weight excluding hydrogens is 475 g/mol. The van der Waals surface area contributed by atoms with Crippen molar-refractivity contribution in [1.82, 2.24) is 0 Å². The molecule has 1 atom stereocenters. The van der Waals surface area contributed by atoms with Gasteiger partial charge in [0.05, 0.1) is 19.6 Å². The Morgan fingerprint density at radius 3 is 1.45 bits per heavy atom. The molecule has 0 spiro atoms. The van der Waals surface area contributed by atoms with Crippen molar-refractivity contribution in [3.8, 4) is 0 Å². The van der Waals surface area contributed by atoms with E-state index in [1.54, 1.807) is 0 Å². The summed E-state index contributed by atoms with van der Waals surface area (Å²) in [5.74, 6) is 0. The van der Waals surface area contributed by atoms with Crippen LogP contribution in [0.3, 0.4) is 0 Å². The third-order valence-corrected chi connectivity index (χ3v) is 5.33. The van der Waals surface area contributed by atoms with Crippen molar-refractivity contribution in [3.63, 3.8) is 0 Å². The third kappa shape index (κ3) is 11.4. The van der Waals surface area contributed by atoms with Crippen molar-refractivity contribution in [1.29, 1.82) is 0 Å². The lowest BCUT2D eigenvalue weighted by atomic mass is 10.1. The molecule has 0 saturated carbocycles.